The van der Waals surface area contributed by atoms with Gasteiger partial charge in [-0.15, -0.1) is 0 Å². The Morgan fingerprint density at radius 1 is 1.19 bits per heavy atom. The van der Waals surface area contributed by atoms with Crippen LogP contribution in [-0.4, -0.2) is 42.0 Å². The maximum Gasteiger partial charge on any atom is 0.255 e. The third kappa shape index (κ3) is 4.79. The van der Waals surface area contributed by atoms with Gasteiger partial charge in [-0.2, -0.15) is 0 Å². The number of nitrogens with one attached hydrogen (secondary N) is 1. The number of pyridine rings is 1. The van der Waals surface area contributed by atoms with Crippen molar-refractivity contribution in [3.05, 3.63) is 48.3 Å². The van der Waals surface area contributed by atoms with Crippen molar-refractivity contribution in [2.75, 3.05) is 36.4 Å². The molecule has 2 aromatic rings. The molecule has 0 saturated carbocycles. The predicted molar refractivity (Wildman–Crippen MR) is 112 cm³/mol. The standard InChI is InChI=1S/C22H30N4O/c1-4-25(5-2)21-10-8-19(9-11-21)24-20-13-18(14-23-15-20)22(27)26-12-6-7-17(3)16-26/h8-11,13-15,17,24H,4-7,12,16H2,1-3H3. The monoisotopic (exact) mass is 366 g/mol. The molecule has 144 valence electrons. The van der Waals surface area contributed by atoms with Gasteiger partial charge in [0.15, 0.2) is 0 Å². The number of carbonyl (C=O) groups is 1. The summed E-state index contributed by atoms with van der Waals surface area (Å²) in [6, 6.07) is 10.3. The predicted octanol–water partition coefficient (Wildman–Crippen LogP) is 4.54. The second-order valence-corrected chi connectivity index (χ2v) is 7.31. The molecular formula is C22H30N4O. The Balaban J connectivity index is 1.69. The molecule has 0 bridgehead atoms. The molecule has 3 rings (SSSR count). The van der Waals surface area contributed by atoms with Gasteiger partial charge >= 0.3 is 0 Å². The Hall–Kier alpha value is -2.56. The summed E-state index contributed by atoms with van der Waals surface area (Å²) < 4.78 is 0. The van der Waals surface area contributed by atoms with Gasteiger partial charge in [0.05, 0.1) is 17.4 Å². The number of nitrogens with zero attached hydrogens (tertiary/aromatic N) is 3. The Labute approximate surface area is 162 Å². The maximum absolute atomic E-state index is 12.8. The van der Waals surface area contributed by atoms with Crippen LogP contribution in [0.15, 0.2) is 42.7 Å². The second kappa shape index (κ2) is 8.89. The smallest absolute Gasteiger partial charge is 0.255 e. The van der Waals surface area contributed by atoms with E-state index in [0.717, 1.165) is 44.0 Å². The minimum absolute atomic E-state index is 0.0783. The van der Waals surface area contributed by atoms with E-state index in [2.05, 4.69) is 60.2 Å². The minimum atomic E-state index is 0.0783. The maximum atomic E-state index is 12.8. The van der Waals surface area contributed by atoms with Gasteiger partial charge in [0.25, 0.3) is 5.91 Å². The lowest BCUT2D eigenvalue weighted by molar-refractivity contribution is 0.0682. The zero-order valence-electron chi connectivity index (χ0n) is 16.6. The van der Waals surface area contributed by atoms with E-state index in [1.54, 1.807) is 12.4 Å². The highest BCUT2D eigenvalue weighted by atomic mass is 16.2. The van der Waals surface area contributed by atoms with E-state index in [-0.39, 0.29) is 5.91 Å². The van der Waals surface area contributed by atoms with Crippen LogP contribution in [0.2, 0.25) is 0 Å². The van der Waals surface area contributed by atoms with Gasteiger partial charge in [-0.1, -0.05) is 6.92 Å². The van der Waals surface area contributed by atoms with E-state index in [4.69, 9.17) is 0 Å². The lowest BCUT2D eigenvalue weighted by Crippen LogP contribution is -2.39. The number of aromatic nitrogens is 1. The number of piperidine rings is 1. The lowest BCUT2D eigenvalue weighted by atomic mass is 10.00. The minimum Gasteiger partial charge on any atom is -0.372 e. The first-order valence-electron chi connectivity index (χ1n) is 9.97. The average molecular weight is 367 g/mol. The van der Waals surface area contributed by atoms with E-state index >= 15 is 0 Å². The summed E-state index contributed by atoms with van der Waals surface area (Å²) in [6.07, 6.45) is 5.70. The molecule has 1 amide bonds. The SMILES string of the molecule is CCN(CC)c1ccc(Nc2cncc(C(=O)N3CCCC(C)C3)c2)cc1. The quantitative estimate of drug-likeness (QED) is 0.815. The molecule has 1 aromatic carbocycles. The molecule has 27 heavy (non-hydrogen) atoms. The largest absolute Gasteiger partial charge is 0.372 e. The van der Waals surface area contributed by atoms with E-state index in [1.807, 2.05) is 11.0 Å². The highest BCUT2D eigenvalue weighted by molar-refractivity contribution is 5.95. The topological polar surface area (TPSA) is 48.5 Å². The molecule has 1 aliphatic heterocycles. The molecule has 1 N–H and O–H groups in total. The summed E-state index contributed by atoms with van der Waals surface area (Å²) >= 11 is 0. The molecule has 1 atom stereocenters. The summed E-state index contributed by atoms with van der Waals surface area (Å²) in [6.45, 7) is 10.2. The molecular weight excluding hydrogens is 336 g/mol. The summed E-state index contributed by atoms with van der Waals surface area (Å²) in [5.74, 6) is 0.649. The first-order valence-corrected chi connectivity index (χ1v) is 9.97. The van der Waals surface area contributed by atoms with Gasteiger partial charge in [-0.3, -0.25) is 9.78 Å². The van der Waals surface area contributed by atoms with Crippen LogP contribution in [0.5, 0.6) is 0 Å². The first kappa shape index (κ1) is 19.2. The van der Waals surface area contributed by atoms with Crippen molar-refractivity contribution < 1.29 is 4.79 Å². The first-order chi connectivity index (χ1) is 13.1. The van der Waals surface area contributed by atoms with Crippen LogP contribution in [0, 0.1) is 5.92 Å². The third-order valence-electron chi connectivity index (χ3n) is 5.21. The number of hydrogen-bond acceptors (Lipinski definition) is 4. The zero-order chi connectivity index (χ0) is 19.2. The zero-order valence-corrected chi connectivity index (χ0v) is 16.6. The van der Waals surface area contributed by atoms with Gasteiger partial charge in [0.2, 0.25) is 0 Å². The van der Waals surface area contributed by atoms with E-state index in [9.17, 15) is 4.79 Å². The van der Waals surface area contributed by atoms with Crippen LogP contribution < -0.4 is 10.2 Å². The molecule has 1 aliphatic rings. The molecule has 0 spiro atoms. The lowest BCUT2D eigenvalue weighted by Gasteiger charge is -2.31. The average Bonchev–Trinajstić information content (AvgIpc) is 2.70. The van der Waals surface area contributed by atoms with E-state index < -0.39 is 0 Å². The third-order valence-corrected chi connectivity index (χ3v) is 5.21. The van der Waals surface area contributed by atoms with Crippen molar-refractivity contribution in [3.63, 3.8) is 0 Å². The van der Waals surface area contributed by atoms with Crippen molar-refractivity contribution in [3.8, 4) is 0 Å². The van der Waals surface area contributed by atoms with Crippen LogP contribution in [0.4, 0.5) is 17.1 Å². The highest BCUT2D eigenvalue weighted by Gasteiger charge is 2.22. The van der Waals surface area contributed by atoms with Crippen LogP contribution in [-0.2, 0) is 0 Å². The molecule has 2 heterocycles. The molecule has 1 unspecified atom stereocenters. The van der Waals surface area contributed by atoms with Gasteiger partial charge in [-0.25, -0.2) is 0 Å². The molecule has 1 fully saturated rings. The summed E-state index contributed by atoms with van der Waals surface area (Å²) in [7, 11) is 0. The Kier molecular flexibility index (Phi) is 6.32. The molecule has 1 saturated heterocycles. The molecule has 5 heteroatoms. The Morgan fingerprint density at radius 2 is 1.93 bits per heavy atom. The van der Waals surface area contributed by atoms with Gasteiger partial charge < -0.3 is 15.1 Å². The van der Waals surface area contributed by atoms with Gasteiger partial charge in [0.1, 0.15) is 0 Å². The Morgan fingerprint density at radius 3 is 2.59 bits per heavy atom. The molecule has 0 aliphatic carbocycles. The number of hydrogen-bond donors (Lipinski definition) is 1. The summed E-state index contributed by atoms with van der Waals surface area (Å²) in [4.78, 5) is 21.3. The second-order valence-electron chi connectivity index (χ2n) is 7.31. The fourth-order valence-corrected chi connectivity index (χ4v) is 3.69. The molecule has 1 aromatic heterocycles. The number of amides is 1. The van der Waals surface area contributed by atoms with Crippen LogP contribution in [0.3, 0.4) is 0 Å². The van der Waals surface area contributed by atoms with Crippen LogP contribution >= 0.6 is 0 Å². The Bertz CT molecular complexity index is 755. The molecule has 0 radical (unpaired) electrons. The van der Waals surface area contributed by atoms with Crippen molar-refractivity contribution >= 4 is 23.0 Å². The fraction of sp³-hybridized carbons (Fsp3) is 0.455. The van der Waals surface area contributed by atoms with Crippen molar-refractivity contribution in [1.29, 1.82) is 0 Å². The van der Waals surface area contributed by atoms with E-state index in [1.165, 1.54) is 12.1 Å². The number of anilines is 3. The highest BCUT2D eigenvalue weighted by Crippen LogP contribution is 2.23. The van der Waals surface area contributed by atoms with Crippen molar-refractivity contribution in [2.45, 2.75) is 33.6 Å². The van der Waals surface area contributed by atoms with Gasteiger partial charge in [-0.05, 0) is 62.9 Å². The fourth-order valence-electron chi connectivity index (χ4n) is 3.69. The number of rotatable bonds is 6. The van der Waals surface area contributed by atoms with E-state index in [0.29, 0.717) is 11.5 Å². The summed E-state index contributed by atoms with van der Waals surface area (Å²) in [5, 5.41) is 3.36. The van der Waals surface area contributed by atoms with Crippen LogP contribution in [0.1, 0.15) is 44.0 Å². The normalized spacial score (nSPS) is 16.9. The van der Waals surface area contributed by atoms with Crippen molar-refractivity contribution in [2.24, 2.45) is 5.92 Å². The number of benzene rings is 1. The number of likely N-dealkylation sites (tertiary alicyclic amines) is 1. The van der Waals surface area contributed by atoms with Crippen LogP contribution in [0.25, 0.3) is 0 Å². The van der Waals surface area contributed by atoms with Gasteiger partial charge in [0, 0.05) is 43.8 Å². The summed E-state index contributed by atoms with van der Waals surface area (Å²) in [5.41, 5.74) is 3.69. The number of carbonyl (C=O) groups excluding carboxylic acids is 1. The molecule has 5 nitrogen and oxygen atoms in total. The van der Waals surface area contributed by atoms with Crippen molar-refractivity contribution in [1.82, 2.24) is 9.88 Å².